The summed E-state index contributed by atoms with van der Waals surface area (Å²) < 4.78 is 5.62. The number of nitrogens with zero attached hydrogens (tertiary/aromatic N) is 3. The van der Waals surface area contributed by atoms with Gasteiger partial charge in [0, 0.05) is 44.8 Å². The predicted octanol–water partition coefficient (Wildman–Crippen LogP) is 3.88. The molecule has 1 saturated heterocycles. The number of carbonyl (C=O) groups is 2. The van der Waals surface area contributed by atoms with E-state index in [2.05, 4.69) is 21.5 Å². The van der Waals surface area contributed by atoms with E-state index in [1.807, 2.05) is 25.7 Å². The van der Waals surface area contributed by atoms with Gasteiger partial charge in [-0.25, -0.2) is 4.79 Å². The van der Waals surface area contributed by atoms with Crippen molar-refractivity contribution in [3.05, 3.63) is 0 Å². The van der Waals surface area contributed by atoms with Gasteiger partial charge in [0.1, 0.15) is 5.60 Å². The third kappa shape index (κ3) is 5.71. The minimum Gasteiger partial charge on any atom is -0.444 e. The Morgan fingerprint density at radius 1 is 1.24 bits per heavy atom. The lowest BCUT2D eigenvalue weighted by Gasteiger charge is -2.33. The zero-order valence-electron chi connectivity index (χ0n) is 17.9. The lowest BCUT2D eigenvalue weighted by molar-refractivity contribution is -0.121. The molecule has 0 aromatic heterocycles. The fraction of sp³-hybridized carbons (Fsp3) is 0.818. The van der Waals surface area contributed by atoms with Crippen LogP contribution >= 0.6 is 0 Å². The SMILES string of the molecule is C#CCCC1(CCC(=O)NCC2CN(C(=O)OC(C)(C)C)C3CCCCC23)N=N1. The van der Waals surface area contributed by atoms with Crippen LogP contribution in [0.15, 0.2) is 10.2 Å². The Bertz CT molecular complexity index is 685. The molecule has 3 rings (SSSR count). The predicted molar refractivity (Wildman–Crippen MR) is 110 cm³/mol. The van der Waals surface area contributed by atoms with Crippen LogP contribution in [-0.4, -0.2) is 47.3 Å². The summed E-state index contributed by atoms with van der Waals surface area (Å²) in [4.78, 5) is 27.0. The zero-order chi connectivity index (χ0) is 21.1. The van der Waals surface area contributed by atoms with Gasteiger partial charge in [0.25, 0.3) is 0 Å². The molecule has 1 saturated carbocycles. The second-order valence-electron chi connectivity index (χ2n) is 9.60. The Kier molecular flexibility index (Phi) is 6.50. The van der Waals surface area contributed by atoms with Crippen molar-refractivity contribution >= 4 is 12.0 Å². The van der Waals surface area contributed by atoms with Gasteiger partial charge in [0.2, 0.25) is 5.91 Å². The Balaban J connectivity index is 1.49. The van der Waals surface area contributed by atoms with Gasteiger partial charge in [-0.05, 0) is 45.4 Å². The monoisotopic (exact) mass is 402 g/mol. The molecule has 1 aliphatic carbocycles. The minimum absolute atomic E-state index is 0.0189. The van der Waals surface area contributed by atoms with Gasteiger partial charge in [-0.2, -0.15) is 10.2 Å². The second-order valence-corrected chi connectivity index (χ2v) is 9.60. The first-order valence-electron chi connectivity index (χ1n) is 10.9. The highest BCUT2D eigenvalue weighted by atomic mass is 16.6. The van der Waals surface area contributed by atoms with Gasteiger partial charge in [0.05, 0.1) is 0 Å². The molecule has 2 fully saturated rings. The van der Waals surface area contributed by atoms with Crippen LogP contribution in [0.2, 0.25) is 0 Å². The number of carbonyl (C=O) groups excluding carboxylic acids is 2. The summed E-state index contributed by atoms with van der Waals surface area (Å²) in [6.45, 7) is 6.94. The molecule has 0 spiro atoms. The lowest BCUT2D eigenvalue weighted by atomic mass is 9.80. The Morgan fingerprint density at radius 3 is 2.62 bits per heavy atom. The molecule has 3 unspecified atom stereocenters. The van der Waals surface area contributed by atoms with E-state index in [-0.39, 0.29) is 24.0 Å². The van der Waals surface area contributed by atoms with Crippen molar-refractivity contribution in [3.8, 4) is 12.3 Å². The molecular formula is C22H34N4O3. The van der Waals surface area contributed by atoms with E-state index in [0.29, 0.717) is 44.7 Å². The molecule has 2 aliphatic heterocycles. The number of nitrogens with one attached hydrogen (secondary N) is 1. The van der Waals surface area contributed by atoms with E-state index < -0.39 is 11.3 Å². The molecule has 2 heterocycles. The van der Waals surface area contributed by atoms with Gasteiger partial charge < -0.3 is 15.0 Å². The molecule has 7 heteroatoms. The molecule has 3 aliphatic rings. The number of fused-ring (bicyclic) bond motifs is 1. The third-order valence-electron chi connectivity index (χ3n) is 6.21. The highest BCUT2D eigenvalue weighted by Crippen LogP contribution is 2.40. The van der Waals surface area contributed by atoms with Crippen molar-refractivity contribution in [1.82, 2.24) is 10.2 Å². The molecule has 1 N–H and O–H groups in total. The van der Waals surface area contributed by atoms with Crippen molar-refractivity contribution < 1.29 is 14.3 Å². The van der Waals surface area contributed by atoms with Crippen LogP contribution in [-0.2, 0) is 9.53 Å². The summed E-state index contributed by atoms with van der Waals surface area (Å²) in [6.07, 6.45) is 11.9. The summed E-state index contributed by atoms with van der Waals surface area (Å²) in [5.74, 6) is 3.34. The molecule has 0 bridgehead atoms. The van der Waals surface area contributed by atoms with E-state index >= 15 is 0 Å². The standard InChI is InChI=1S/C22H34N4O3/c1-5-6-12-22(24-25-22)13-11-19(27)23-14-16-15-26(20(28)29-21(2,3)4)18-10-8-7-9-17(16)18/h1,16-18H,6-15H2,2-4H3,(H,23,27). The van der Waals surface area contributed by atoms with E-state index in [9.17, 15) is 9.59 Å². The maximum Gasteiger partial charge on any atom is 0.410 e. The summed E-state index contributed by atoms with van der Waals surface area (Å²) >= 11 is 0. The summed E-state index contributed by atoms with van der Waals surface area (Å²) in [6, 6.07) is 0.233. The number of amides is 2. The highest BCUT2D eigenvalue weighted by Gasteiger charge is 2.46. The van der Waals surface area contributed by atoms with E-state index in [1.54, 1.807) is 0 Å². The van der Waals surface area contributed by atoms with E-state index in [4.69, 9.17) is 11.2 Å². The van der Waals surface area contributed by atoms with Gasteiger partial charge in [-0.1, -0.05) is 12.8 Å². The summed E-state index contributed by atoms with van der Waals surface area (Å²) in [5, 5.41) is 11.2. The third-order valence-corrected chi connectivity index (χ3v) is 6.21. The largest absolute Gasteiger partial charge is 0.444 e. The summed E-state index contributed by atoms with van der Waals surface area (Å²) in [7, 11) is 0. The van der Waals surface area contributed by atoms with Gasteiger partial charge in [-0.15, -0.1) is 12.3 Å². The first-order chi connectivity index (χ1) is 13.7. The number of likely N-dealkylation sites (tertiary alicyclic amines) is 1. The molecule has 29 heavy (non-hydrogen) atoms. The van der Waals surface area contributed by atoms with Crippen LogP contribution in [0.4, 0.5) is 4.79 Å². The van der Waals surface area contributed by atoms with Crippen LogP contribution in [0, 0.1) is 24.2 Å². The van der Waals surface area contributed by atoms with Crippen LogP contribution in [0.1, 0.15) is 72.1 Å². The lowest BCUT2D eigenvalue weighted by Crippen LogP contribution is -2.42. The Labute approximate surface area is 174 Å². The van der Waals surface area contributed by atoms with Gasteiger partial charge >= 0.3 is 6.09 Å². The molecular weight excluding hydrogens is 368 g/mol. The van der Waals surface area contributed by atoms with Gasteiger partial charge in [0.15, 0.2) is 5.66 Å². The maximum atomic E-state index is 12.7. The van der Waals surface area contributed by atoms with Crippen LogP contribution in [0.3, 0.4) is 0 Å². The average molecular weight is 403 g/mol. The number of ether oxygens (including phenoxy) is 1. The van der Waals surface area contributed by atoms with Crippen LogP contribution in [0.5, 0.6) is 0 Å². The highest BCUT2D eigenvalue weighted by molar-refractivity contribution is 5.76. The Hall–Kier alpha value is -2.10. The van der Waals surface area contributed by atoms with E-state index in [1.165, 1.54) is 6.42 Å². The molecule has 3 atom stereocenters. The van der Waals surface area contributed by atoms with Crippen LogP contribution in [0.25, 0.3) is 0 Å². The van der Waals surface area contributed by atoms with E-state index in [0.717, 1.165) is 19.3 Å². The molecule has 0 aromatic carbocycles. The van der Waals surface area contributed by atoms with Crippen LogP contribution < -0.4 is 5.32 Å². The smallest absolute Gasteiger partial charge is 0.410 e. The molecule has 2 amide bonds. The fourth-order valence-corrected chi connectivity index (χ4v) is 4.66. The molecule has 0 aromatic rings. The number of hydrogen-bond donors (Lipinski definition) is 1. The first-order valence-corrected chi connectivity index (χ1v) is 10.9. The second kappa shape index (κ2) is 8.73. The fourth-order valence-electron chi connectivity index (χ4n) is 4.66. The zero-order valence-corrected chi connectivity index (χ0v) is 17.9. The van der Waals surface area contributed by atoms with Gasteiger partial charge in [-0.3, -0.25) is 4.79 Å². The summed E-state index contributed by atoms with van der Waals surface area (Å²) in [5.41, 5.74) is -0.916. The Morgan fingerprint density at radius 2 is 1.97 bits per heavy atom. The minimum atomic E-state index is -0.498. The number of terminal acetylenes is 1. The molecule has 7 nitrogen and oxygen atoms in total. The quantitative estimate of drug-likeness (QED) is 0.656. The van der Waals surface area contributed by atoms with Crippen molar-refractivity contribution in [2.24, 2.45) is 22.1 Å². The maximum absolute atomic E-state index is 12.7. The van der Waals surface area contributed by atoms with Crippen molar-refractivity contribution in [2.45, 2.75) is 89.4 Å². The topological polar surface area (TPSA) is 83.4 Å². The first kappa shape index (κ1) is 21.6. The van der Waals surface area contributed by atoms with Crippen molar-refractivity contribution in [3.63, 3.8) is 0 Å². The average Bonchev–Trinajstić information content (AvgIpc) is 3.34. The number of hydrogen-bond acceptors (Lipinski definition) is 5. The number of rotatable bonds is 7. The van der Waals surface area contributed by atoms with Crippen molar-refractivity contribution in [2.75, 3.05) is 13.1 Å². The molecule has 160 valence electrons. The normalized spacial score (nSPS) is 27.1. The molecule has 0 radical (unpaired) electrons. The van der Waals surface area contributed by atoms with Crippen molar-refractivity contribution in [1.29, 1.82) is 0 Å².